The summed E-state index contributed by atoms with van der Waals surface area (Å²) >= 11 is 2.05. The molecule has 0 bridgehead atoms. The van der Waals surface area contributed by atoms with Gasteiger partial charge in [-0.3, -0.25) is 4.99 Å². The fraction of sp³-hybridized carbons (Fsp3) is 0.923. The zero-order valence-electron chi connectivity index (χ0n) is 11.5. The number of nitrogens with two attached hydrogens (primary N) is 1. The van der Waals surface area contributed by atoms with Crippen LogP contribution in [0.25, 0.3) is 0 Å². The van der Waals surface area contributed by atoms with Crippen LogP contribution in [0.15, 0.2) is 4.99 Å². The van der Waals surface area contributed by atoms with Gasteiger partial charge in [-0.25, -0.2) is 0 Å². The molecule has 0 saturated carbocycles. The Labute approximate surface area is 132 Å². The predicted molar refractivity (Wildman–Crippen MR) is 92.0 cm³/mol. The van der Waals surface area contributed by atoms with Crippen molar-refractivity contribution in [3.63, 3.8) is 0 Å². The summed E-state index contributed by atoms with van der Waals surface area (Å²) in [6, 6.07) is 0. The van der Waals surface area contributed by atoms with Gasteiger partial charge in [0.05, 0.1) is 6.54 Å². The van der Waals surface area contributed by atoms with Gasteiger partial charge in [0.25, 0.3) is 0 Å². The number of piperidine rings is 1. The van der Waals surface area contributed by atoms with Crippen molar-refractivity contribution in [3.8, 4) is 0 Å². The summed E-state index contributed by atoms with van der Waals surface area (Å²) in [5, 5.41) is 0. The lowest BCUT2D eigenvalue weighted by molar-refractivity contribution is 0.277. The highest BCUT2D eigenvalue weighted by Gasteiger charge is 2.29. The van der Waals surface area contributed by atoms with Gasteiger partial charge < -0.3 is 10.6 Å². The van der Waals surface area contributed by atoms with E-state index in [0.717, 1.165) is 31.5 Å². The minimum absolute atomic E-state index is 0. The van der Waals surface area contributed by atoms with Crippen LogP contribution >= 0.6 is 35.7 Å². The molecular weight excluding hydrogens is 357 g/mol. The molecule has 5 heteroatoms. The quantitative estimate of drug-likeness (QED) is 0.453. The van der Waals surface area contributed by atoms with E-state index < -0.39 is 0 Å². The molecule has 0 aromatic rings. The first kappa shape index (κ1) is 16.4. The smallest absolute Gasteiger partial charge is 0.191 e. The van der Waals surface area contributed by atoms with Crippen LogP contribution in [0.5, 0.6) is 0 Å². The van der Waals surface area contributed by atoms with Crippen LogP contribution in [-0.2, 0) is 0 Å². The second-order valence-corrected chi connectivity index (χ2v) is 7.43. The van der Waals surface area contributed by atoms with E-state index in [1.54, 1.807) is 0 Å². The molecule has 1 atom stereocenters. The summed E-state index contributed by atoms with van der Waals surface area (Å²) in [5.41, 5.74) is 6.10. The highest BCUT2D eigenvalue weighted by atomic mass is 127. The Bertz CT molecular complexity index is 282. The Morgan fingerprint density at radius 2 is 2.11 bits per heavy atom. The molecule has 0 aromatic carbocycles. The van der Waals surface area contributed by atoms with E-state index >= 15 is 0 Å². The van der Waals surface area contributed by atoms with Crippen molar-refractivity contribution in [2.45, 2.75) is 44.3 Å². The molecule has 0 spiro atoms. The standard InChI is InChI=1S/C13H25N3S.HI/c1-11-4-7-16(8-5-11)12(14)15-10-13(2)6-3-9-17-13;/h11H,3-10H2,1-2H3,(H2,14,15);1H. The van der Waals surface area contributed by atoms with E-state index in [0.29, 0.717) is 4.75 Å². The predicted octanol–water partition coefficient (Wildman–Crippen LogP) is 2.94. The van der Waals surface area contributed by atoms with Gasteiger partial charge in [0.1, 0.15) is 0 Å². The van der Waals surface area contributed by atoms with E-state index in [2.05, 4.69) is 35.5 Å². The normalized spacial score (nSPS) is 30.3. The molecule has 1 unspecified atom stereocenters. The Morgan fingerprint density at radius 3 is 2.67 bits per heavy atom. The molecule has 0 aromatic heterocycles. The number of rotatable bonds is 2. The van der Waals surface area contributed by atoms with Crippen LogP contribution < -0.4 is 5.73 Å². The minimum Gasteiger partial charge on any atom is -0.370 e. The second-order valence-electron chi connectivity index (χ2n) is 5.75. The molecule has 2 aliphatic rings. The number of aliphatic imine (C=N–C) groups is 1. The van der Waals surface area contributed by atoms with Crippen LogP contribution in [0.3, 0.4) is 0 Å². The van der Waals surface area contributed by atoms with Crippen molar-refractivity contribution in [1.29, 1.82) is 0 Å². The molecule has 2 N–H and O–H groups in total. The Morgan fingerprint density at radius 1 is 1.44 bits per heavy atom. The van der Waals surface area contributed by atoms with Gasteiger partial charge in [-0.2, -0.15) is 11.8 Å². The van der Waals surface area contributed by atoms with Gasteiger partial charge in [-0.05, 0) is 44.3 Å². The third kappa shape index (κ3) is 4.47. The molecule has 0 amide bonds. The number of hydrogen-bond acceptors (Lipinski definition) is 2. The lowest BCUT2D eigenvalue weighted by Gasteiger charge is -2.31. The number of halogens is 1. The maximum atomic E-state index is 6.10. The average molecular weight is 383 g/mol. The molecule has 106 valence electrons. The van der Waals surface area contributed by atoms with Crippen molar-refractivity contribution in [2.24, 2.45) is 16.6 Å². The van der Waals surface area contributed by atoms with Crippen molar-refractivity contribution in [2.75, 3.05) is 25.4 Å². The maximum Gasteiger partial charge on any atom is 0.191 e. The molecule has 0 radical (unpaired) electrons. The number of guanidine groups is 1. The third-order valence-corrected chi connectivity index (χ3v) is 5.51. The lowest BCUT2D eigenvalue weighted by Crippen LogP contribution is -2.43. The highest BCUT2D eigenvalue weighted by Crippen LogP contribution is 2.37. The fourth-order valence-electron chi connectivity index (χ4n) is 2.55. The van der Waals surface area contributed by atoms with Crippen molar-refractivity contribution < 1.29 is 0 Å². The third-order valence-electron chi connectivity index (χ3n) is 3.98. The van der Waals surface area contributed by atoms with E-state index in [-0.39, 0.29) is 24.0 Å². The van der Waals surface area contributed by atoms with E-state index in [4.69, 9.17) is 5.73 Å². The van der Waals surface area contributed by atoms with Gasteiger partial charge in [-0.15, -0.1) is 24.0 Å². The Kier molecular flexibility index (Phi) is 6.58. The molecule has 18 heavy (non-hydrogen) atoms. The zero-order valence-corrected chi connectivity index (χ0v) is 14.7. The van der Waals surface area contributed by atoms with Crippen LogP contribution in [0.2, 0.25) is 0 Å². The maximum absolute atomic E-state index is 6.10. The monoisotopic (exact) mass is 383 g/mol. The molecule has 2 aliphatic heterocycles. The van der Waals surface area contributed by atoms with E-state index in [1.165, 1.54) is 31.4 Å². The summed E-state index contributed by atoms with van der Waals surface area (Å²) < 4.78 is 0.341. The summed E-state index contributed by atoms with van der Waals surface area (Å²) in [5.74, 6) is 2.90. The lowest BCUT2D eigenvalue weighted by atomic mass is 10.00. The molecule has 0 aliphatic carbocycles. The highest BCUT2D eigenvalue weighted by molar-refractivity contribution is 14.0. The van der Waals surface area contributed by atoms with Gasteiger partial charge >= 0.3 is 0 Å². The summed E-state index contributed by atoms with van der Waals surface area (Å²) in [6.45, 7) is 7.69. The average Bonchev–Trinajstić information content (AvgIpc) is 2.75. The van der Waals surface area contributed by atoms with Crippen molar-refractivity contribution in [1.82, 2.24) is 4.90 Å². The SMILES string of the molecule is CC1CCN(C(N)=NCC2(C)CCCS2)CC1.I. The number of hydrogen-bond donors (Lipinski definition) is 1. The van der Waals surface area contributed by atoms with Crippen LogP contribution in [-0.4, -0.2) is 41.0 Å². The summed E-state index contributed by atoms with van der Waals surface area (Å²) in [6.07, 6.45) is 5.12. The van der Waals surface area contributed by atoms with E-state index in [1.807, 2.05) is 0 Å². The topological polar surface area (TPSA) is 41.6 Å². The minimum atomic E-state index is 0. The number of thioether (sulfide) groups is 1. The summed E-state index contributed by atoms with van der Waals surface area (Å²) in [4.78, 5) is 6.88. The first-order chi connectivity index (χ1) is 8.09. The van der Waals surface area contributed by atoms with Crippen molar-refractivity contribution >= 4 is 41.7 Å². The van der Waals surface area contributed by atoms with E-state index in [9.17, 15) is 0 Å². The molecule has 2 heterocycles. The van der Waals surface area contributed by atoms with Crippen LogP contribution in [0.1, 0.15) is 39.5 Å². The molecule has 2 rings (SSSR count). The number of nitrogens with zero attached hydrogens (tertiary/aromatic N) is 2. The van der Waals surface area contributed by atoms with Gasteiger partial charge in [0, 0.05) is 17.8 Å². The molecule has 2 fully saturated rings. The van der Waals surface area contributed by atoms with Crippen LogP contribution in [0.4, 0.5) is 0 Å². The first-order valence-electron chi connectivity index (χ1n) is 6.78. The molecular formula is C13H26IN3S. The van der Waals surface area contributed by atoms with Gasteiger partial charge in [0.15, 0.2) is 5.96 Å². The fourth-order valence-corrected chi connectivity index (χ4v) is 3.77. The van der Waals surface area contributed by atoms with Crippen LogP contribution in [0, 0.1) is 5.92 Å². The largest absolute Gasteiger partial charge is 0.370 e. The van der Waals surface area contributed by atoms with Crippen molar-refractivity contribution in [3.05, 3.63) is 0 Å². The molecule has 3 nitrogen and oxygen atoms in total. The number of likely N-dealkylation sites (tertiary alicyclic amines) is 1. The molecule has 2 saturated heterocycles. The second kappa shape index (κ2) is 7.22. The van der Waals surface area contributed by atoms with Gasteiger partial charge in [-0.1, -0.05) is 6.92 Å². The van der Waals surface area contributed by atoms with Gasteiger partial charge in [0.2, 0.25) is 0 Å². The Hall–Kier alpha value is 0.350. The zero-order chi connectivity index (χ0) is 12.3. The summed E-state index contributed by atoms with van der Waals surface area (Å²) in [7, 11) is 0. The Balaban J connectivity index is 0.00000162. The first-order valence-corrected chi connectivity index (χ1v) is 7.76.